The Morgan fingerprint density at radius 3 is 3.00 bits per heavy atom. The summed E-state index contributed by atoms with van der Waals surface area (Å²) in [6.45, 7) is 0. The molecule has 0 aliphatic carbocycles. The summed E-state index contributed by atoms with van der Waals surface area (Å²) in [4.78, 5) is 18.1. The molecule has 1 aromatic rings. The van der Waals surface area contributed by atoms with Crippen LogP contribution in [0.25, 0.3) is 0 Å². The number of rotatable bonds is 5. The van der Waals surface area contributed by atoms with Gasteiger partial charge in [-0.2, -0.15) is 4.83 Å². The Bertz CT molecular complexity index is 371. The maximum Gasteiger partial charge on any atom is 0.228 e. The molecule has 7 heteroatoms. The fraction of sp³-hybridized carbons (Fsp3) is 0.222. The van der Waals surface area contributed by atoms with Crippen molar-refractivity contribution in [2.45, 2.75) is 0 Å². The van der Waals surface area contributed by atoms with E-state index in [1.54, 1.807) is 18.3 Å². The molecule has 0 fully saturated rings. The molecule has 86 valence electrons. The van der Waals surface area contributed by atoms with Crippen molar-refractivity contribution in [3.63, 3.8) is 0 Å². The van der Waals surface area contributed by atoms with Gasteiger partial charge in [-0.3, -0.25) is 14.8 Å². The summed E-state index contributed by atoms with van der Waals surface area (Å²) in [5.74, 6) is -0.190. The van der Waals surface area contributed by atoms with Crippen LogP contribution in [0.15, 0.2) is 24.4 Å². The van der Waals surface area contributed by atoms with Gasteiger partial charge in [0.05, 0.1) is 11.4 Å². The Kier molecular flexibility index (Phi) is 5.17. The Balaban J connectivity index is 2.45. The van der Waals surface area contributed by atoms with Crippen LogP contribution < -0.4 is 10.6 Å². The van der Waals surface area contributed by atoms with Crippen molar-refractivity contribution in [3.8, 4) is 0 Å². The van der Waals surface area contributed by atoms with Gasteiger partial charge in [-0.05, 0) is 12.1 Å². The molecule has 0 saturated carbocycles. The standard InChI is InChI=1S/C9H12N4OS2/c1-13(12-16-6-8(10)14)9(15)7-4-2-3-5-11-7/h2-5,12H,6H2,1H3,(H2,10,14). The van der Waals surface area contributed by atoms with Crippen LogP contribution in [0.3, 0.4) is 0 Å². The zero-order chi connectivity index (χ0) is 12.0. The van der Waals surface area contributed by atoms with Gasteiger partial charge in [-0.1, -0.05) is 30.2 Å². The smallest absolute Gasteiger partial charge is 0.228 e. The molecule has 16 heavy (non-hydrogen) atoms. The number of amides is 1. The van der Waals surface area contributed by atoms with Crippen molar-refractivity contribution in [3.05, 3.63) is 30.1 Å². The first-order valence-electron chi connectivity index (χ1n) is 4.46. The van der Waals surface area contributed by atoms with Gasteiger partial charge < -0.3 is 5.73 Å². The highest BCUT2D eigenvalue weighted by Gasteiger charge is 2.07. The Morgan fingerprint density at radius 1 is 1.69 bits per heavy atom. The summed E-state index contributed by atoms with van der Waals surface area (Å²) >= 11 is 6.37. The van der Waals surface area contributed by atoms with Gasteiger partial charge in [0, 0.05) is 13.2 Å². The number of nitrogens with one attached hydrogen (secondary N) is 1. The van der Waals surface area contributed by atoms with E-state index in [0.717, 1.165) is 0 Å². The third-order valence-corrected chi connectivity index (χ3v) is 2.92. The predicted octanol–water partition coefficient (Wildman–Crippen LogP) is 0.327. The van der Waals surface area contributed by atoms with Crippen LogP contribution in [0, 0.1) is 0 Å². The van der Waals surface area contributed by atoms with Crippen molar-refractivity contribution >= 4 is 35.1 Å². The van der Waals surface area contributed by atoms with Crippen molar-refractivity contribution in [2.24, 2.45) is 5.73 Å². The molecule has 0 unspecified atom stereocenters. The molecule has 0 spiro atoms. The van der Waals surface area contributed by atoms with Gasteiger partial charge in [0.1, 0.15) is 4.99 Å². The van der Waals surface area contributed by atoms with Gasteiger partial charge >= 0.3 is 0 Å². The molecule has 1 rings (SSSR count). The first-order chi connectivity index (χ1) is 7.61. The molecule has 0 bridgehead atoms. The third-order valence-electron chi connectivity index (χ3n) is 1.60. The number of pyridine rings is 1. The Hall–Kier alpha value is -1.18. The molecule has 0 aliphatic rings. The number of nitrogens with two attached hydrogens (primary N) is 1. The highest BCUT2D eigenvalue weighted by Crippen LogP contribution is 2.02. The van der Waals surface area contributed by atoms with Crippen LogP contribution in [0.4, 0.5) is 0 Å². The maximum absolute atomic E-state index is 10.5. The molecular formula is C9H12N4OS2. The molecule has 1 aromatic heterocycles. The lowest BCUT2D eigenvalue weighted by molar-refractivity contribution is -0.115. The summed E-state index contributed by atoms with van der Waals surface area (Å²) in [7, 11) is 1.75. The van der Waals surface area contributed by atoms with Crippen molar-refractivity contribution in [1.82, 2.24) is 14.8 Å². The second-order valence-corrected chi connectivity index (χ2v) is 4.07. The van der Waals surface area contributed by atoms with Gasteiger partial charge in [0.25, 0.3) is 0 Å². The minimum atomic E-state index is -0.380. The number of hydrogen-bond donors (Lipinski definition) is 2. The number of hydrazine groups is 1. The van der Waals surface area contributed by atoms with Crippen molar-refractivity contribution < 1.29 is 4.79 Å². The van der Waals surface area contributed by atoms with E-state index in [-0.39, 0.29) is 11.7 Å². The number of carbonyl (C=O) groups excluding carboxylic acids is 1. The molecule has 1 amide bonds. The van der Waals surface area contributed by atoms with Crippen LogP contribution in [0.1, 0.15) is 5.69 Å². The zero-order valence-corrected chi connectivity index (χ0v) is 10.3. The highest BCUT2D eigenvalue weighted by atomic mass is 32.2. The first-order valence-corrected chi connectivity index (χ1v) is 5.85. The second kappa shape index (κ2) is 6.41. The fourth-order valence-electron chi connectivity index (χ4n) is 0.903. The fourth-order valence-corrected chi connectivity index (χ4v) is 1.62. The maximum atomic E-state index is 10.5. The lowest BCUT2D eigenvalue weighted by Crippen LogP contribution is -2.36. The Labute approximate surface area is 104 Å². The van der Waals surface area contributed by atoms with Crippen LogP contribution >= 0.6 is 24.2 Å². The van der Waals surface area contributed by atoms with Gasteiger partial charge in [0.15, 0.2) is 0 Å². The number of primary amides is 1. The number of aromatic nitrogens is 1. The zero-order valence-electron chi connectivity index (χ0n) is 8.71. The van der Waals surface area contributed by atoms with Gasteiger partial charge in [-0.15, -0.1) is 0 Å². The van der Waals surface area contributed by atoms with E-state index in [0.29, 0.717) is 10.7 Å². The number of thiocarbonyl (C=S) groups is 1. The van der Waals surface area contributed by atoms with E-state index in [2.05, 4.69) is 9.82 Å². The van der Waals surface area contributed by atoms with Crippen LogP contribution in [-0.2, 0) is 4.79 Å². The normalized spacial score (nSPS) is 9.81. The van der Waals surface area contributed by atoms with Gasteiger partial charge in [0.2, 0.25) is 5.91 Å². The third kappa shape index (κ3) is 4.13. The first kappa shape index (κ1) is 12.9. The number of hydrogen-bond acceptors (Lipinski definition) is 5. The average Bonchev–Trinajstić information content (AvgIpc) is 2.28. The average molecular weight is 256 g/mol. The van der Waals surface area contributed by atoms with Crippen molar-refractivity contribution in [2.75, 3.05) is 12.8 Å². The molecule has 0 aromatic carbocycles. The van der Waals surface area contributed by atoms with Crippen LogP contribution in [0.2, 0.25) is 0 Å². The lowest BCUT2D eigenvalue weighted by Gasteiger charge is -2.19. The van der Waals surface area contributed by atoms with Gasteiger partial charge in [-0.25, -0.2) is 0 Å². The minimum Gasteiger partial charge on any atom is -0.369 e. The second-order valence-electron chi connectivity index (χ2n) is 2.93. The van der Waals surface area contributed by atoms with Crippen LogP contribution in [0.5, 0.6) is 0 Å². The predicted molar refractivity (Wildman–Crippen MR) is 68.5 cm³/mol. The summed E-state index contributed by atoms with van der Waals surface area (Å²) in [5, 5.41) is 1.62. The molecular weight excluding hydrogens is 244 g/mol. The summed E-state index contributed by atoms with van der Waals surface area (Å²) in [6, 6.07) is 5.50. The van der Waals surface area contributed by atoms with E-state index in [4.69, 9.17) is 18.0 Å². The Morgan fingerprint density at radius 2 is 2.44 bits per heavy atom. The monoisotopic (exact) mass is 256 g/mol. The van der Waals surface area contributed by atoms with E-state index in [1.807, 2.05) is 18.2 Å². The molecule has 0 aliphatic heterocycles. The molecule has 5 nitrogen and oxygen atoms in total. The summed E-state index contributed by atoms with van der Waals surface area (Å²) < 4.78 is 0. The summed E-state index contributed by atoms with van der Waals surface area (Å²) in [6.07, 6.45) is 1.67. The van der Waals surface area contributed by atoms with E-state index in [9.17, 15) is 4.79 Å². The topological polar surface area (TPSA) is 71.2 Å². The van der Waals surface area contributed by atoms with E-state index in [1.165, 1.54) is 11.9 Å². The number of carbonyl (C=O) groups is 1. The molecule has 0 saturated heterocycles. The quantitative estimate of drug-likeness (QED) is 0.449. The largest absolute Gasteiger partial charge is 0.369 e. The number of nitrogens with zero attached hydrogens (tertiary/aromatic N) is 2. The van der Waals surface area contributed by atoms with Crippen LogP contribution in [-0.4, -0.2) is 33.7 Å². The molecule has 3 N–H and O–H groups in total. The highest BCUT2D eigenvalue weighted by molar-refractivity contribution is 7.98. The van der Waals surface area contributed by atoms with Crippen molar-refractivity contribution in [1.29, 1.82) is 0 Å². The molecule has 0 atom stereocenters. The lowest BCUT2D eigenvalue weighted by atomic mass is 10.3. The van der Waals surface area contributed by atoms with E-state index >= 15 is 0 Å². The summed E-state index contributed by atoms with van der Waals surface area (Å²) in [5.41, 5.74) is 5.70. The molecule has 0 radical (unpaired) electrons. The molecule has 1 heterocycles. The van der Waals surface area contributed by atoms with E-state index < -0.39 is 0 Å². The minimum absolute atomic E-state index is 0.190. The SMILES string of the molecule is CN(NSCC(N)=O)C(=S)c1ccccn1.